The standard InChI is InChI=1S/C12H21F5N2OS/c1-19(2,3)7-4-6-18-10(20)9-21-8-5-11(13,14)12(15,16)17/h4-9H2,1-3H3/p+1. The first-order valence-electron chi connectivity index (χ1n) is 6.44. The van der Waals surface area contributed by atoms with Gasteiger partial charge in [-0.25, -0.2) is 0 Å². The first kappa shape index (κ1) is 20.4. The highest BCUT2D eigenvalue weighted by Gasteiger charge is 2.56. The largest absolute Gasteiger partial charge is 0.453 e. The number of alkyl halides is 5. The lowest BCUT2D eigenvalue weighted by atomic mass is 10.2. The SMILES string of the molecule is C[N+](C)(C)CCCNC(=O)CSCCC(F)(F)C(F)(F)F. The maximum Gasteiger partial charge on any atom is 0.453 e. The third-order valence-corrected chi connectivity index (χ3v) is 3.50. The van der Waals surface area contributed by atoms with E-state index in [9.17, 15) is 26.7 Å². The van der Waals surface area contributed by atoms with Gasteiger partial charge in [-0.15, -0.1) is 0 Å². The summed E-state index contributed by atoms with van der Waals surface area (Å²) in [5, 5.41) is 2.60. The number of quaternary nitrogens is 1. The third kappa shape index (κ3) is 9.89. The lowest BCUT2D eigenvalue weighted by molar-refractivity contribution is -0.870. The maximum absolute atomic E-state index is 12.6. The number of nitrogens with one attached hydrogen (secondary N) is 1. The number of hydrogen-bond donors (Lipinski definition) is 1. The quantitative estimate of drug-likeness (QED) is 0.398. The van der Waals surface area contributed by atoms with Crippen LogP contribution in [0.15, 0.2) is 0 Å². The molecular formula is C12H22F5N2OS+. The fourth-order valence-corrected chi connectivity index (χ4v) is 2.17. The lowest BCUT2D eigenvalue weighted by Gasteiger charge is -2.23. The zero-order valence-corrected chi connectivity index (χ0v) is 13.2. The number of hydrogen-bond acceptors (Lipinski definition) is 2. The Morgan fingerprint density at radius 1 is 1.14 bits per heavy atom. The molecule has 0 aromatic carbocycles. The van der Waals surface area contributed by atoms with E-state index in [1.807, 2.05) is 21.1 Å². The second-order valence-electron chi connectivity index (χ2n) is 5.72. The molecule has 1 amide bonds. The summed E-state index contributed by atoms with van der Waals surface area (Å²) >= 11 is 0.772. The predicted molar refractivity (Wildman–Crippen MR) is 73.5 cm³/mol. The molecule has 0 heterocycles. The molecule has 126 valence electrons. The average Bonchev–Trinajstić information content (AvgIpc) is 2.27. The summed E-state index contributed by atoms with van der Waals surface area (Å²) in [5.41, 5.74) is 0. The van der Waals surface area contributed by atoms with Crippen LogP contribution in [0.3, 0.4) is 0 Å². The Morgan fingerprint density at radius 2 is 1.71 bits per heavy atom. The van der Waals surface area contributed by atoms with Crippen LogP contribution in [0.4, 0.5) is 22.0 Å². The lowest BCUT2D eigenvalue weighted by Crippen LogP contribution is -2.38. The van der Waals surface area contributed by atoms with Crippen LogP contribution in [0.5, 0.6) is 0 Å². The highest BCUT2D eigenvalue weighted by Crippen LogP contribution is 2.38. The molecule has 0 aliphatic heterocycles. The molecule has 0 fully saturated rings. The molecule has 0 unspecified atom stereocenters. The van der Waals surface area contributed by atoms with Crippen LogP contribution in [0.25, 0.3) is 0 Å². The molecule has 0 aliphatic rings. The van der Waals surface area contributed by atoms with Crippen molar-refractivity contribution >= 4 is 17.7 Å². The summed E-state index contributed by atoms with van der Waals surface area (Å²) < 4.78 is 61.6. The van der Waals surface area contributed by atoms with E-state index in [1.165, 1.54) is 0 Å². The van der Waals surface area contributed by atoms with Crippen LogP contribution < -0.4 is 5.32 Å². The highest BCUT2D eigenvalue weighted by molar-refractivity contribution is 7.99. The van der Waals surface area contributed by atoms with Gasteiger partial charge in [0.15, 0.2) is 0 Å². The molecular weight excluding hydrogens is 315 g/mol. The maximum atomic E-state index is 12.6. The normalized spacial score (nSPS) is 13.3. The Hall–Kier alpha value is -0.570. The summed E-state index contributed by atoms with van der Waals surface area (Å²) in [7, 11) is 6.04. The minimum Gasteiger partial charge on any atom is -0.355 e. The van der Waals surface area contributed by atoms with Crippen molar-refractivity contribution in [1.29, 1.82) is 0 Å². The molecule has 0 aromatic heterocycles. The summed E-state index contributed by atoms with van der Waals surface area (Å²) in [4.78, 5) is 11.3. The van der Waals surface area contributed by atoms with E-state index in [4.69, 9.17) is 0 Å². The van der Waals surface area contributed by atoms with E-state index < -0.39 is 24.3 Å². The minimum atomic E-state index is -5.53. The molecule has 0 saturated heterocycles. The Morgan fingerprint density at radius 3 is 2.19 bits per heavy atom. The molecule has 0 aliphatic carbocycles. The summed E-state index contributed by atoms with van der Waals surface area (Å²) in [6, 6.07) is 0. The number of carbonyl (C=O) groups is 1. The molecule has 0 radical (unpaired) electrons. The zero-order valence-electron chi connectivity index (χ0n) is 12.4. The van der Waals surface area contributed by atoms with Gasteiger partial charge in [0.05, 0.1) is 33.4 Å². The van der Waals surface area contributed by atoms with Gasteiger partial charge in [0, 0.05) is 19.4 Å². The van der Waals surface area contributed by atoms with Crippen molar-refractivity contribution in [3.05, 3.63) is 0 Å². The van der Waals surface area contributed by atoms with Crippen molar-refractivity contribution < 1.29 is 31.2 Å². The van der Waals surface area contributed by atoms with E-state index in [-0.39, 0.29) is 11.7 Å². The molecule has 9 heteroatoms. The van der Waals surface area contributed by atoms with Crippen molar-refractivity contribution in [2.75, 3.05) is 45.7 Å². The Bertz CT molecular complexity index is 329. The number of carbonyl (C=O) groups excluding carboxylic acids is 1. The van der Waals surface area contributed by atoms with Gasteiger partial charge in [0.1, 0.15) is 0 Å². The molecule has 0 atom stereocenters. The van der Waals surface area contributed by atoms with Crippen LogP contribution in [0, 0.1) is 0 Å². The third-order valence-electron chi connectivity index (χ3n) is 2.54. The Kier molecular flexibility index (Phi) is 7.94. The summed E-state index contributed by atoms with van der Waals surface area (Å²) in [6.45, 7) is 1.33. The molecule has 0 rings (SSSR count). The monoisotopic (exact) mass is 337 g/mol. The van der Waals surface area contributed by atoms with Crippen LogP contribution in [-0.2, 0) is 4.79 Å². The highest BCUT2D eigenvalue weighted by atomic mass is 32.2. The number of nitrogens with zero attached hydrogens (tertiary/aromatic N) is 1. The molecule has 3 nitrogen and oxygen atoms in total. The fourth-order valence-electron chi connectivity index (χ4n) is 1.34. The van der Waals surface area contributed by atoms with Gasteiger partial charge >= 0.3 is 12.1 Å². The Labute approximate surface area is 125 Å². The van der Waals surface area contributed by atoms with Gasteiger partial charge in [-0.1, -0.05) is 0 Å². The van der Waals surface area contributed by atoms with Crippen LogP contribution in [0.2, 0.25) is 0 Å². The fraction of sp³-hybridized carbons (Fsp3) is 0.917. The number of halogens is 5. The van der Waals surface area contributed by atoms with Crippen LogP contribution >= 0.6 is 11.8 Å². The number of rotatable bonds is 9. The predicted octanol–water partition coefficient (Wildman–Crippen LogP) is 2.52. The summed E-state index contributed by atoms with van der Waals surface area (Å²) in [6.07, 6.45) is -6.07. The second kappa shape index (κ2) is 8.17. The van der Waals surface area contributed by atoms with Crippen molar-refractivity contribution in [3.63, 3.8) is 0 Å². The van der Waals surface area contributed by atoms with Gasteiger partial charge in [0.2, 0.25) is 5.91 Å². The van der Waals surface area contributed by atoms with Gasteiger partial charge in [-0.2, -0.15) is 33.7 Å². The Balaban J connectivity index is 3.72. The van der Waals surface area contributed by atoms with Crippen molar-refractivity contribution in [2.24, 2.45) is 0 Å². The van der Waals surface area contributed by atoms with E-state index in [2.05, 4.69) is 5.32 Å². The van der Waals surface area contributed by atoms with Crippen LogP contribution in [0.1, 0.15) is 12.8 Å². The van der Waals surface area contributed by atoms with Gasteiger partial charge in [0.25, 0.3) is 0 Å². The van der Waals surface area contributed by atoms with Gasteiger partial charge in [-0.3, -0.25) is 4.79 Å². The van der Waals surface area contributed by atoms with Crippen LogP contribution in [-0.4, -0.2) is 68.2 Å². The average molecular weight is 337 g/mol. The topological polar surface area (TPSA) is 29.1 Å². The molecule has 0 aromatic rings. The second-order valence-corrected chi connectivity index (χ2v) is 6.83. The molecule has 21 heavy (non-hydrogen) atoms. The minimum absolute atomic E-state index is 0.113. The van der Waals surface area contributed by atoms with Crippen molar-refractivity contribution in [1.82, 2.24) is 5.32 Å². The van der Waals surface area contributed by atoms with Crippen molar-refractivity contribution in [2.45, 2.75) is 24.9 Å². The molecule has 0 bridgehead atoms. The first-order chi connectivity index (χ1) is 9.35. The number of thioether (sulfide) groups is 1. The van der Waals surface area contributed by atoms with E-state index in [1.54, 1.807) is 0 Å². The zero-order chi connectivity index (χ0) is 16.7. The van der Waals surface area contributed by atoms with Gasteiger partial charge in [-0.05, 0) is 5.75 Å². The smallest absolute Gasteiger partial charge is 0.355 e. The van der Waals surface area contributed by atoms with E-state index in [0.29, 0.717) is 6.54 Å². The molecule has 1 N–H and O–H groups in total. The molecule has 0 saturated carbocycles. The first-order valence-corrected chi connectivity index (χ1v) is 7.60. The van der Waals surface area contributed by atoms with Gasteiger partial charge < -0.3 is 9.80 Å². The van der Waals surface area contributed by atoms with E-state index in [0.717, 1.165) is 29.2 Å². The van der Waals surface area contributed by atoms with E-state index >= 15 is 0 Å². The number of amides is 1. The summed E-state index contributed by atoms with van der Waals surface area (Å²) in [5.74, 6) is -5.57. The van der Waals surface area contributed by atoms with Crippen molar-refractivity contribution in [3.8, 4) is 0 Å². The molecule has 0 spiro atoms.